The number of hydrogen-bond acceptors (Lipinski definition) is 4. The van der Waals surface area contributed by atoms with Gasteiger partial charge in [0.15, 0.2) is 0 Å². The molecular formula is C22H16F3N3O. The largest absolute Gasteiger partial charge is 0.506 e. The van der Waals surface area contributed by atoms with Gasteiger partial charge in [0.05, 0.1) is 17.0 Å². The van der Waals surface area contributed by atoms with E-state index in [0.29, 0.717) is 22.6 Å². The van der Waals surface area contributed by atoms with Gasteiger partial charge in [0, 0.05) is 17.3 Å². The number of fused-ring (bicyclic) bond motifs is 1. The number of phenolic OH excluding ortho intramolecular Hbond substituents is 1. The van der Waals surface area contributed by atoms with E-state index in [9.17, 15) is 18.3 Å². The smallest absolute Gasteiger partial charge is 0.416 e. The Balaban J connectivity index is 1.74. The van der Waals surface area contributed by atoms with Crippen molar-refractivity contribution in [3.63, 3.8) is 0 Å². The molecule has 0 saturated heterocycles. The fourth-order valence-electron chi connectivity index (χ4n) is 3.08. The Labute approximate surface area is 164 Å². The zero-order chi connectivity index (χ0) is 20.4. The van der Waals surface area contributed by atoms with Crippen LogP contribution in [0.3, 0.4) is 0 Å². The fourth-order valence-corrected chi connectivity index (χ4v) is 3.08. The van der Waals surface area contributed by atoms with Crippen LogP contribution in [-0.4, -0.2) is 15.1 Å². The van der Waals surface area contributed by atoms with Gasteiger partial charge in [-0.2, -0.15) is 13.2 Å². The van der Waals surface area contributed by atoms with Gasteiger partial charge in [0.1, 0.15) is 17.3 Å². The number of nitrogens with one attached hydrogen (secondary N) is 1. The molecule has 0 aliphatic rings. The molecule has 0 bridgehead atoms. The third-order valence-corrected chi connectivity index (χ3v) is 4.52. The second-order valence-electron chi connectivity index (χ2n) is 6.49. The van der Waals surface area contributed by atoms with Crippen LogP contribution in [0.25, 0.3) is 10.9 Å². The Morgan fingerprint density at radius 3 is 2.31 bits per heavy atom. The van der Waals surface area contributed by atoms with Crippen molar-refractivity contribution in [3.8, 4) is 5.75 Å². The molecule has 0 aliphatic carbocycles. The van der Waals surface area contributed by atoms with E-state index in [0.717, 1.165) is 17.5 Å². The summed E-state index contributed by atoms with van der Waals surface area (Å²) in [5, 5.41) is 14.1. The Morgan fingerprint density at radius 1 is 0.828 bits per heavy atom. The minimum atomic E-state index is -4.39. The number of rotatable bonds is 4. The van der Waals surface area contributed by atoms with Gasteiger partial charge in [-0.05, 0) is 48.5 Å². The maximum Gasteiger partial charge on any atom is 0.416 e. The van der Waals surface area contributed by atoms with E-state index in [1.54, 1.807) is 36.5 Å². The number of alkyl halides is 3. The Morgan fingerprint density at radius 2 is 1.62 bits per heavy atom. The molecule has 2 aromatic carbocycles. The first-order valence-electron chi connectivity index (χ1n) is 8.85. The highest BCUT2D eigenvalue weighted by atomic mass is 19.4. The van der Waals surface area contributed by atoms with Crippen molar-refractivity contribution < 1.29 is 18.3 Å². The number of phenols is 1. The quantitative estimate of drug-likeness (QED) is 0.475. The summed E-state index contributed by atoms with van der Waals surface area (Å²) in [6, 6.07) is 18.4. The monoisotopic (exact) mass is 395 g/mol. The maximum atomic E-state index is 12.8. The summed E-state index contributed by atoms with van der Waals surface area (Å²) >= 11 is 0. The summed E-state index contributed by atoms with van der Waals surface area (Å²) in [4.78, 5) is 8.94. The molecule has 146 valence electrons. The zero-order valence-electron chi connectivity index (χ0n) is 15.1. The van der Waals surface area contributed by atoms with Gasteiger partial charge in [-0.1, -0.05) is 24.3 Å². The molecule has 0 unspecified atom stereocenters. The molecule has 4 rings (SSSR count). The Bertz CT molecular complexity index is 1130. The number of para-hydroxylation sites is 1. The van der Waals surface area contributed by atoms with Gasteiger partial charge >= 0.3 is 6.18 Å². The Kier molecular flexibility index (Phi) is 4.80. The zero-order valence-corrected chi connectivity index (χ0v) is 15.1. The first-order valence-corrected chi connectivity index (χ1v) is 8.85. The minimum absolute atomic E-state index is 0.0543. The van der Waals surface area contributed by atoms with Gasteiger partial charge in [0.2, 0.25) is 0 Å². The SMILES string of the molecule is Oc1cccc2ccc([C@H](Nc3ccc(C(F)(F)F)cc3)c3ccccn3)nc12. The van der Waals surface area contributed by atoms with Crippen molar-refractivity contribution in [1.29, 1.82) is 0 Å². The van der Waals surface area contributed by atoms with Crippen LogP contribution in [0, 0.1) is 0 Å². The summed E-state index contributed by atoms with van der Waals surface area (Å²) in [6.45, 7) is 0. The third kappa shape index (κ3) is 3.99. The van der Waals surface area contributed by atoms with Crippen LogP contribution in [0.1, 0.15) is 23.0 Å². The van der Waals surface area contributed by atoms with Crippen molar-refractivity contribution in [2.45, 2.75) is 12.2 Å². The minimum Gasteiger partial charge on any atom is -0.506 e. The standard InChI is InChI=1S/C22H16F3N3O/c23-22(24,25)15-8-10-16(11-9-15)27-21(17-5-1-2-13-26-17)18-12-7-14-4-3-6-19(29)20(14)28-18/h1-13,21,27,29H/t21-/m1/s1. The van der Waals surface area contributed by atoms with Gasteiger partial charge in [-0.15, -0.1) is 0 Å². The van der Waals surface area contributed by atoms with E-state index >= 15 is 0 Å². The summed E-state index contributed by atoms with van der Waals surface area (Å²) in [7, 11) is 0. The molecule has 2 heterocycles. The molecule has 4 nitrogen and oxygen atoms in total. The van der Waals surface area contributed by atoms with E-state index in [-0.39, 0.29) is 5.75 Å². The van der Waals surface area contributed by atoms with Crippen molar-refractivity contribution in [3.05, 3.63) is 95.9 Å². The lowest BCUT2D eigenvalue weighted by molar-refractivity contribution is -0.137. The average Bonchev–Trinajstić information content (AvgIpc) is 2.72. The number of halogens is 3. The number of aromatic hydroxyl groups is 1. The molecule has 2 aromatic heterocycles. The predicted octanol–water partition coefficient (Wildman–Crippen LogP) is 5.56. The van der Waals surface area contributed by atoms with Gasteiger partial charge in [0.25, 0.3) is 0 Å². The molecule has 0 spiro atoms. The van der Waals surface area contributed by atoms with Crippen LogP contribution in [0.5, 0.6) is 5.75 Å². The van der Waals surface area contributed by atoms with Crippen LogP contribution in [0.2, 0.25) is 0 Å². The Hall–Kier alpha value is -3.61. The maximum absolute atomic E-state index is 12.8. The van der Waals surface area contributed by atoms with Crippen molar-refractivity contribution in [1.82, 2.24) is 9.97 Å². The number of anilines is 1. The average molecular weight is 395 g/mol. The number of aromatic nitrogens is 2. The molecule has 0 saturated carbocycles. The molecule has 29 heavy (non-hydrogen) atoms. The number of pyridine rings is 2. The van der Waals surface area contributed by atoms with Crippen molar-refractivity contribution in [2.75, 3.05) is 5.32 Å². The van der Waals surface area contributed by atoms with Gasteiger partial charge in [-0.3, -0.25) is 4.98 Å². The highest BCUT2D eigenvalue weighted by Crippen LogP contribution is 2.32. The molecule has 0 amide bonds. The molecule has 0 fully saturated rings. The summed E-state index contributed by atoms with van der Waals surface area (Å²) < 4.78 is 38.5. The van der Waals surface area contributed by atoms with E-state index in [1.807, 2.05) is 18.2 Å². The summed E-state index contributed by atoms with van der Waals surface area (Å²) in [5.74, 6) is 0.0543. The van der Waals surface area contributed by atoms with Crippen LogP contribution >= 0.6 is 0 Å². The topological polar surface area (TPSA) is 58.0 Å². The normalized spacial score (nSPS) is 12.7. The van der Waals surface area contributed by atoms with Gasteiger partial charge in [-0.25, -0.2) is 4.98 Å². The second kappa shape index (κ2) is 7.43. The van der Waals surface area contributed by atoms with E-state index in [4.69, 9.17) is 0 Å². The fraction of sp³-hybridized carbons (Fsp3) is 0.0909. The van der Waals surface area contributed by atoms with E-state index in [2.05, 4.69) is 15.3 Å². The number of nitrogens with zero attached hydrogens (tertiary/aromatic N) is 2. The number of hydrogen-bond donors (Lipinski definition) is 2. The predicted molar refractivity (Wildman–Crippen MR) is 105 cm³/mol. The van der Waals surface area contributed by atoms with Crippen LogP contribution in [-0.2, 0) is 6.18 Å². The molecule has 4 aromatic rings. The molecule has 0 aliphatic heterocycles. The molecule has 1 atom stereocenters. The molecule has 2 N–H and O–H groups in total. The second-order valence-corrected chi connectivity index (χ2v) is 6.49. The highest BCUT2D eigenvalue weighted by molar-refractivity contribution is 5.84. The van der Waals surface area contributed by atoms with Crippen molar-refractivity contribution >= 4 is 16.6 Å². The number of benzene rings is 2. The third-order valence-electron chi connectivity index (χ3n) is 4.52. The molecule has 0 radical (unpaired) electrons. The van der Waals surface area contributed by atoms with E-state index in [1.165, 1.54) is 12.1 Å². The van der Waals surface area contributed by atoms with Crippen molar-refractivity contribution in [2.24, 2.45) is 0 Å². The molecular weight excluding hydrogens is 379 g/mol. The van der Waals surface area contributed by atoms with Gasteiger partial charge < -0.3 is 10.4 Å². The van der Waals surface area contributed by atoms with Crippen LogP contribution < -0.4 is 5.32 Å². The lowest BCUT2D eigenvalue weighted by Gasteiger charge is -2.20. The first kappa shape index (κ1) is 18.7. The highest BCUT2D eigenvalue weighted by Gasteiger charge is 2.30. The molecule has 7 heteroatoms. The lowest BCUT2D eigenvalue weighted by Crippen LogP contribution is -2.15. The van der Waals surface area contributed by atoms with Crippen LogP contribution in [0.4, 0.5) is 18.9 Å². The van der Waals surface area contributed by atoms with E-state index < -0.39 is 17.8 Å². The first-order chi connectivity index (χ1) is 13.9. The lowest BCUT2D eigenvalue weighted by atomic mass is 10.1. The summed E-state index contributed by atoms with van der Waals surface area (Å²) in [6.07, 6.45) is -2.76. The summed E-state index contributed by atoms with van der Waals surface area (Å²) in [5.41, 5.74) is 1.45. The van der Waals surface area contributed by atoms with Crippen LogP contribution in [0.15, 0.2) is 79.0 Å².